The average Bonchev–Trinajstić information content (AvgIpc) is 2.26. The van der Waals surface area contributed by atoms with Crippen LogP contribution in [-0.2, 0) is 6.42 Å². The van der Waals surface area contributed by atoms with Gasteiger partial charge in [-0.25, -0.2) is 0 Å². The molecule has 0 unspecified atom stereocenters. The SMILES string of the molecule is CN(C)CCOc1ccc(CCC(C)(C)N)cc1. The van der Waals surface area contributed by atoms with E-state index in [0.29, 0.717) is 0 Å². The molecule has 1 aromatic rings. The van der Waals surface area contributed by atoms with Gasteiger partial charge in [0.2, 0.25) is 0 Å². The van der Waals surface area contributed by atoms with Gasteiger partial charge in [-0.2, -0.15) is 0 Å². The monoisotopic (exact) mass is 250 g/mol. The molecular formula is C15H26N2O. The molecule has 0 aromatic heterocycles. The molecule has 1 aromatic carbocycles. The first-order valence-corrected chi connectivity index (χ1v) is 6.52. The standard InChI is InChI=1S/C15H26N2O/c1-15(2,16)10-9-13-5-7-14(8-6-13)18-12-11-17(3)4/h5-8H,9-12,16H2,1-4H3. The van der Waals surface area contributed by atoms with E-state index in [4.69, 9.17) is 10.5 Å². The van der Waals surface area contributed by atoms with Gasteiger partial charge in [-0.05, 0) is 58.5 Å². The molecule has 0 aliphatic heterocycles. The van der Waals surface area contributed by atoms with Crippen molar-refractivity contribution in [3.05, 3.63) is 29.8 Å². The van der Waals surface area contributed by atoms with Crippen molar-refractivity contribution in [3.63, 3.8) is 0 Å². The van der Waals surface area contributed by atoms with Crippen molar-refractivity contribution >= 4 is 0 Å². The summed E-state index contributed by atoms with van der Waals surface area (Å²) in [4.78, 5) is 2.11. The van der Waals surface area contributed by atoms with Crippen molar-refractivity contribution in [2.75, 3.05) is 27.2 Å². The van der Waals surface area contributed by atoms with Crippen LogP contribution in [0.4, 0.5) is 0 Å². The second-order valence-electron chi connectivity index (χ2n) is 5.78. The number of hydrogen-bond acceptors (Lipinski definition) is 3. The molecular weight excluding hydrogens is 224 g/mol. The maximum absolute atomic E-state index is 5.98. The predicted octanol–water partition coefficient (Wildman–Crippen LogP) is 2.30. The van der Waals surface area contributed by atoms with E-state index in [1.807, 2.05) is 26.2 Å². The largest absolute Gasteiger partial charge is 0.492 e. The van der Waals surface area contributed by atoms with Crippen LogP contribution in [0.3, 0.4) is 0 Å². The quantitative estimate of drug-likeness (QED) is 0.807. The Balaban J connectivity index is 2.38. The summed E-state index contributed by atoms with van der Waals surface area (Å²) in [6, 6.07) is 8.32. The fourth-order valence-electron chi connectivity index (χ4n) is 1.56. The van der Waals surface area contributed by atoms with Gasteiger partial charge in [0.05, 0.1) is 0 Å². The first-order chi connectivity index (χ1) is 8.37. The molecule has 2 N–H and O–H groups in total. The van der Waals surface area contributed by atoms with Gasteiger partial charge in [0.25, 0.3) is 0 Å². The third kappa shape index (κ3) is 6.62. The zero-order chi connectivity index (χ0) is 13.6. The van der Waals surface area contributed by atoms with Crippen LogP contribution in [0, 0.1) is 0 Å². The molecule has 0 saturated carbocycles. The van der Waals surface area contributed by atoms with Gasteiger partial charge in [0.15, 0.2) is 0 Å². The minimum atomic E-state index is -0.0963. The third-order valence-corrected chi connectivity index (χ3v) is 2.79. The van der Waals surface area contributed by atoms with E-state index in [1.165, 1.54) is 5.56 Å². The van der Waals surface area contributed by atoms with Crippen LogP contribution < -0.4 is 10.5 Å². The molecule has 0 saturated heterocycles. The Morgan fingerprint density at radius 3 is 2.28 bits per heavy atom. The number of benzene rings is 1. The summed E-state index contributed by atoms with van der Waals surface area (Å²) < 4.78 is 5.65. The number of ether oxygens (including phenoxy) is 1. The molecule has 102 valence electrons. The highest BCUT2D eigenvalue weighted by Crippen LogP contribution is 2.15. The molecule has 0 amide bonds. The first-order valence-electron chi connectivity index (χ1n) is 6.52. The minimum Gasteiger partial charge on any atom is -0.492 e. The molecule has 0 heterocycles. The van der Waals surface area contributed by atoms with Gasteiger partial charge < -0.3 is 15.4 Å². The van der Waals surface area contributed by atoms with E-state index in [9.17, 15) is 0 Å². The average molecular weight is 250 g/mol. The Kier molecular flexibility index (Phi) is 5.63. The molecule has 0 radical (unpaired) electrons. The lowest BCUT2D eigenvalue weighted by Gasteiger charge is -2.18. The van der Waals surface area contributed by atoms with E-state index in [1.54, 1.807) is 0 Å². The number of nitrogens with zero attached hydrogens (tertiary/aromatic N) is 1. The lowest BCUT2D eigenvalue weighted by atomic mass is 9.97. The molecule has 0 spiro atoms. The Hall–Kier alpha value is -1.06. The lowest BCUT2D eigenvalue weighted by Crippen LogP contribution is -2.32. The molecule has 0 aliphatic rings. The Bertz CT molecular complexity index is 339. The molecule has 1 rings (SSSR count). The normalized spacial score (nSPS) is 11.9. The summed E-state index contributed by atoms with van der Waals surface area (Å²) >= 11 is 0. The molecule has 0 atom stereocenters. The highest BCUT2D eigenvalue weighted by atomic mass is 16.5. The summed E-state index contributed by atoms with van der Waals surface area (Å²) in [7, 11) is 4.09. The number of rotatable bonds is 7. The molecule has 18 heavy (non-hydrogen) atoms. The van der Waals surface area contributed by atoms with Crippen molar-refractivity contribution in [2.24, 2.45) is 5.73 Å². The van der Waals surface area contributed by atoms with Gasteiger partial charge in [-0.1, -0.05) is 12.1 Å². The maximum atomic E-state index is 5.98. The molecule has 0 bridgehead atoms. The summed E-state index contributed by atoms with van der Waals surface area (Å²) in [6.07, 6.45) is 2.01. The second kappa shape index (κ2) is 6.76. The zero-order valence-corrected chi connectivity index (χ0v) is 12.1. The summed E-state index contributed by atoms with van der Waals surface area (Å²) in [5.41, 5.74) is 7.19. The van der Waals surface area contributed by atoms with Gasteiger partial charge >= 0.3 is 0 Å². The van der Waals surface area contributed by atoms with Crippen LogP contribution in [0.15, 0.2) is 24.3 Å². The first kappa shape index (κ1) is 15.0. The fourth-order valence-corrected chi connectivity index (χ4v) is 1.56. The third-order valence-electron chi connectivity index (χ3n) is 2.79. The van der Waals surface area contributed by atoms with Crippen molar-refractivity contribution in [1.82, 2.24) is 4.90 Å². The van der Waals surface area contributed by atoms with E-state index < -0.39 is 0 Å². The second-order valence-corrected chi connectivity index (χ2v) is 5.78. The van der Waals surface area contributed by atoms with Crippen molar-refractivity contribution < 1.29 is 4.74 Å². The van der Waals surface area contributed by atoms with Crippen molar-refractivity contribution in [2.45, 2.75) is 32.2 Å². The lowest BCUT2D eigenvalue weighted by molar-refractivity contribution is 0.261. The number of hydrogen-bond donors (Lipinski definition) is 1. The number of likely N-dealkylation sites (N-methyl/N-ethyl adjacent to an activating group) is 1. The van der Waals surface area contributed by atoms with Crippen molar-refractivity contribution in [1.29, 1.82) is 0 Å². The van der Waals surface area contributed by atoms with Crippen LogP contribution in [0.5, 0.6) is 5.75 Å². The topological polar surface area (TPSA) is 38.5 Å². The van der Waals surface area contributed by atoms with E-state index in [-0.39, 0.29) is 5.54 Å². The summed E-state index contributed by atoms with van der Waals surface area (Å²) in [5.74, 6) is 0.938. The van der Waals surface area contributed by atoms with E-state index in [2.05, 4.69) is 30.9 Å². The van der Waals surface area contributed by atoms with E-state index in [0.717, 1.165) is 31.7 Å². The van der Waals surface area contributed by atoms with Gasteiger partial charge in [0, 0.05) is 12.1 Å². The fraction of sp³-hybridized carbons (Fsp3) is 0.600. The van der Waals surface area contributed by atoms with E-state index >= 15 is 0 Å². The Morgan fingerprint density at radius 1 is 1.17 bits per heavy atom. The molecule has 3 heteroatoms. The summed E-state index contributed by atoms with van der Waals surface area (Å²) in [5, 5.41) is 0. The predicted molar refractivity (Wildman–Crippen MR) is 77.1 cm³/mol. The smallest absolute Gasteiger partial charge is 0.119 e. The number of nitrogens with two attached hydrogens (primary N) is 1. The van der Waals surface area contributed by atoms with Gasteiger partial charge in [0.1, 0.15) is 12.4 Å². The minimum absolute atomic E-state index is 0.0963. The highest BCUT2D eigenvalue weighted by Gasteiger charge is 2.10. The van der Waals surface area contributed by atoms with Crippen LogP contribution >= 0.6 is 0 Å². The zero-order valence-electron chi connectivity index (χ0n) is 12.1. The number of aryl methyl sites for hydroxylation is 1. The maximum Gasteiger partial charge on any atom is 0.119 e. The molecule has 0 fully saturated rings. The van der Waals surface area contributed by atoms with Crippen molar-refractivity contribution in [3.8, 4) is 5.75 Å². The Morgan fingerprint density at radius 2 is 1.78 bits per heavy atom. The van der Waals surface area contributed by atoms with Crippen LogP contribution in [0.25, 0.3) is 0 Å². The highest BCUT2D eigenvalue weighted by molar-refractivity contribution is 5.27. The summed E-state index contributed by atoms with van der Waals surface area (Å²) in [6.45, 7) is 5.78. The van der Waals surface area contributed by atoms with Gasteiger partial charge in [-0.15, -0.1) is 0 Å². The van der Waals surface area contributed by atoms with Gasteiger partial charge in [-0.3, -0.25) is 0 Å². The van der Waals surface area contributed by atoms with Crippen LogP contribution in [0.1, 0.15) is 25.8 Å². The van der Waals surface area contributed by atoms with Crippen LogP contribution in [0.2, 0.25) is 0 Å². The molecule has 0 aliphatic carbocycles. The molecule has 3 nitrogen and oxygen atoms in total. The Labute approximate surface area is 111 Å². The van der Waals surface area contributed by atoms with Crippen LogP contribution in [-0.4, -0.2) is 37.7 Å².